The van der Waals surface area contributed by atoms with E-state index in [0.717, 1.165) is 34.3 Å². The second-order valence-electron chi connectivity index (χ2n) is 5.97. The zero-order chi connectivity index (χ0) is 19.0. The van der Waals surface area contributed by atoms with Crippen molar-refractivity contribution < 1.29 is 13.2 Å². The smallest absolute Gasteiger partial charge is 0.228 e. The molecule has 0 saturated heterocycles. The molecule has 0 amide bonds. The first-order valence-electron chi connectivity index (χ1n) is 8.13. The molecule has 0 fully saturated rings. The summed E-state index contributed by atoms with van der Waals surface area (Å²) in [5, 5.41) is 0.898. The normalized spacial score (nSPS) is 11.7. The summed E-state index contributed by atoms with van der Waals surface area (Å²) in [6.45, 7) is 0. The monoisotopic (exact) mass is 476 g/mol. The van der Waals surface area contributed by atoms with Crippen LogP contribution in [0.4, 0.5) is 13.2 Å². The van der Waals surface area contributed by atoms with E-state index in [1.165, 1.54) is 6.07 Å². The van der Waals surface area contributed by atoms with Crippen molar-refractivity contribution in [1.29, 1.82) is 0 Å². The van der Waals surface area contributed by atoms with Gasteiger partial charge in [0.25, 0.3) is 0 Å². The summed E-state index contributed by atoms with van der Waals surface area (Å²) in [6, 6.07) is 20.9. The number of halogens is 4. The zero-order valence-electron chi connectivity index (χ0n) is 13.8. The molecule has 6 heteroatoms. The molecule has 0 radical (unpaired) electrons. The Morgan fingerprint density at radius 2 is 1.48 bits per heavy atom. The van der Waals surface area contributed by atoms with Gasteiger partial charge >= 0.3 is 6.18 Å². The van der Waals surface area contributed by atoms with Gasteiger partial charge in [-0.2, -0.15) is 13.2 Å². The second-order valence-corrected chi connectivity index (χ2v) is 7.13. The van der Waals surface area contributed by atoms with Gasteiger partial charge in [0.15, 0.2) is 5.82 Å². The number of aromatic nitrogens is 2. The predicted octanol–water partition coefficient (Wildman–Crippen LogP) is 6.59. The van der Waals surface area contributed by atoms with Crippen LogP contribution >= 0.6 is 22.6 Å². The molecular weight excluding hydrogens is 464 g/mol. The number of nitrogens with zero attached hydrogens (tertiary/aromatic N) is 2. The maximum Gasteiger partial charge on any atom is 0.416 e. The van der Waals surface area contributed by atoms with Gasteiger partial charge < -0.3 is 0 Å². The maximum atomic E-state index is 13.0. The topological polar surface area (TPSA) is 25.8 Å². The Hall–Kier alpha value is -2.48. The van der Waals surface area contributed by atoms with Crippen LogP contribution in [-0.2, 0) is 6.18 Å². The lowest BCUT2D eigenvalue weighted by Gasteiger charge is -2.12. The molecule has 0 unspecified atom stereocenters. The molecule has 0 aliphatic heterocycles. The van der Waals surface area contributed by atoms with Gasteiger partial charge in [-0.3, -0.25) is 0 Å². The Labute approximate surface area is 167 Å². The van der Waals surface area contributed by atoms with Crippen LogP contribution in [0.2, 0.25) is 0 Å². The number of rotatable bonds is 2. The van der Waals surface area contributed by atoms with Crippen LogP contribution in [0, 0.1) is 3.57 Å². The van der Waals surface area contributed by atoms with E-state index in [1.54, 1.807) is 0 Å². The quantitative estimate of drug-likeness (QED) is 0.305. The van der Waals surface area contributed by atoms with Crippen molar-refractivity contribution in [3.63, 3.8) is 0 Å². The van der Waals surface area contributed by atoms with Crippen LogP contribution in [0.1, 0.15) is 5.56 Å². The van der Waals surface area contributed by atoms with Crippen molar-refractivity contribution in [3.8, 4) is 22.6 Å². The van der Waals surface area contributed by atoms with Gasteiger partial charge in [0.1, 0.15) is 0 Å². The van der Waals surface area contributed by atoms with Gasteiger partial charge in [0.05, 0.1) is 16.8 Å². The number of hydrogen-bond donors (Lipinski definition) is 0. The highest BCUT2D eigenvalue weighted by molar-refractivity contribution is 14.1. The first-order valence-corrected chi connectivity index (χ1v) is 9.21. The Bertz CT molecular complexity index is 1130. The molecule has 4 rings (SSSR count). The van der Waals surface area contributed by atoms with Crippen LogP contribution in [-0.4, -0.2) is 9.97 Å². The highest BCUT2D eigenvalue weighted by Crippen LogP contribution is 2.35. The van der Waals surface area contributed by atoms with E-state index in [9.17, 15) is 13.2 Å². The molecule has 0 saturated carbocycles. The molecule has 0 N–H and O–H groups in total. The molecule has 2 nitrogen and oxygen atoms in total. The van der Waals surface area contributed by atoms with E-state index < -0.39 is 11.7 Å². The molecule has 0 spiro atoms. The standard InChI is InChI=1S/C21H12F3IN2/c22-21(23,24)14-10-11-15(17(25)12-14)20-26-18-9-5-4-8-16(18)19(27-20)13-6-2-1-3-7-13/h1-12H. The van der Waals surface area contributed by atoms with Gasteiger partial charge in [-0.25, -0.2) is 9.97 Å². The predicted molar refractivity (Wildman–Crippen MR) is 108 cm³/mol. The first-order chi connectivity index (χ1) is 12.9. The fraction of sp³-hybridized carbons (Fsp3) is 0.0476. The second kappa shape index (κ2) is 6.92. The summed E-state index contributed by atoms with van der Waals surface area (Å²) in [5.74, 6) is 0.408. The van der Waals surface area contributed by atoms with Gasteiger partial charge in [-0.15, -0.1) is 0 Å². The molecule has 1 aromatic heterocycles. The zero-order valence-corrected chi connectivity index (χ0v) is 16.0. The van der Waals surface area contributed by atoms with Crippen molar-refractivity contribution in [2.45, 2.75) is 6.18 Å². The molecule has 134 valence electrons. The summed E-state index contributed by atoms with van der Waals surface area (Å²) >= 11 is 1.90. The number of fused-ring (bicyclic) bond motifs is 1. The molecule has 0 atom stereocenters. The number of para-hydroxylation sites is 1. The summed E-state index contributed by atoms with van der Waals surface area (Å²) in [7, 11) is 0. The summed E-state index contributed by atoms with van der Waals surface area (Å²) in [4.78, 5) is 9.28. The minimum absolute atomic E-state index is 0.408. The third-order valence-electron chi connectivity index (χ3n) is 4.19. The number of alkyl halides is 3. The lowest BCUT2D eigenvalue weighted by Crippen LogP contribution is -2.05. The summed E-state index contributed by atoms with van der Waals surface area (Å²) in [5.41, 5.74) is 2.33. The minimum Gasteiger partial charge on any atom is -0.228 e. The summed E-state index contributed by atoms with van der Waals surface area (Å²) in [6.07, 6.45) is -4.38. The molecular formula is C21H12F3IN2. The van der Waals surface area contributed by atoms with E-state index >= 15 is 0 Å². The van der Waals surface area contributed by atoms with Crippen molar-refractivity contribution in [1.82, 2.24) is 9.97 Å². The first kappa shape index (κ1) is 17.9. The maximum absolute atomic E-state index is 13.0. The van der Waals surface area contributed by atoms with Gasteiger partial charge in [-0.1, -0.05) is 48.5 Å². The van der Waals surface area contributed by atoms with Crippen LogP contribution in [0.3, 0.4) is 0 Å². The lowest BCUT2D eigenvalue weighted by molar-refractivity contribution is -0.137. The molecule has 4 aromatic rings. The number of benzene rings is 3. The fourth-order valence-corrected chi connectivity index (χ4v) is 3.64. The molecule has 27 heavy (non-hydrogen) atoms. The highest BCUT2D eigenvalue weighted by atomic mass is 127. The number of hydrogen-bond acceptors (Lipinski definition) is 2. The van der Waals surface area contributed by atoms with Crippen molar-refractivity contribution in [2.24, 2.45) is 0 Å². The van der Waals surface area contributed by atoms with E-state index in [1.807, 2.05) is 77.2 Å². The molecule has 0 aliphatic carbocycles. The van der Waals surface area contributed by atoms with Gasteiger partial charge in [0, 0.05) is 20.1 Å². The van der Waals surface area contributed by atoms with Crippen molar-refractivity contribution in [3.05, 3.63) is 81.9 Å². The van der Waals surface area contributed by atoms with Crippen molar-refractivity contribution >= 4 is 33.5 Å². The molecule has 1 heterocycles. The Morgan fingerprint density at radius 1 is 0.778 bits per heavy atom. The lowest BCUT2D eigenvalue weighted by atomic mass is 10.1. The Morgan fingerprint density at radius 3 is 2.19 bits per heavy atom. The Balaban J connectivity index is 1.94. The van der Waals surface area contributed by atoms with E-state index in [4.69, 9.17) is 4.98 Å². The van der Waals surface area contributed by atoms with Gasteiger partial charge in [0.2, 0.25) is 0 Å². The van der Waals surface area contributed by atoms with Crippen LogP contribution in [0.15, 0.2) is 72.8 Å². The SMILES string of the molecule is FC(F)(F)c1ccc(-c2nc(-c3ccccc3)c3ccccc3n2)c(I)c1. The average molecular weight is 476 g/mol. The van der Waals surface area contributed by atoms with Crippen LogP contribution in [0.5, 0.6) is 0 Å². The van der Waals surface area contributed by atoms with E-state index in [0.29, 0.717) is 15.0 Å². The third-order valence-corrected chi connectivity index (χ3v) is 5.08. The fourth-order valence-electron chi connectivity index (χ4n) is 2.89. The largest absolute Gasteiger partial charge is 0.416 e. The van der Waals surface area contributed by atoms with Crippen molar-refractivity contribution in [2.75, 3.05) is 0 Å². The van der Waals surface area contributed by atoms with Crippen LogP contribution < -0.4 is 0 Å². The van der Waals surface area contributed by atoms with Crippen LogP contribution in [0.25, 0.3) is 33.5 Å². The molecule has 3 aromatic carbocycles. The minimum atomic E-state index is -4.38. The van der Waals surface area contributed by atoms with Gasteiger partial charge in [-0.05, 0) is 46.9 Å². The highest BCUT2D eigenvalue weighted by Gasteiger charge is 2.31. The average Bonchev–Trinajstić information content (AvgIpc) is 2.67. The van der Waals surface area contributed by atoms with E-state index in [2.05, 4.69) is 4.98 Å². The Kier molecular flexibility index (Phi) is 4.59. The van der Waals surface area contributed by atoms with E-state index in [-0.39, 0.29) is 0 Å². The third kappa shape index (κ3) is 3.53. The summed E-state index contributed by atoms with van der Waals surface area (Å²) < 4.78 is 39.3. The molecule has 0 bridgehead atoms. The molecule has 0 aliphatic rings.